The average molecular weight is 333 g/mol. The van der Waals surface area contributed by atoms with Crippen LogP contribution in [-0.4, -0.2) is 9.55 Å². The molecule has 0 unspecified atom stereocenters. The Labute approximate surface area is 117 Å². The number of imidazole rings is 1. The molecule has 2 nitrogen and oxygen atoms in total. The third-order valence-electron chi connectivity index (χ3n) is 2.72. The molecular weight excluding hydrogens is 321 g/mol. The molecule has 0 saturated carbocycles. The third kappa shape index (κ3) is 3.00. The summed E-state index contributed by atoms with van der Waals surface area (Å²) in [4.78, 5) is 4.12. The van der Waals surface area contributed by atoms with E-state index in [2.05, 4.69) is 20.9 Å². The van der Waals surface area contributed by atoms with Crippen molar-refractivity contribution in [2.45, 2.75) is 25.9 Å². The third-order valence-corrected chi connectivity index (χ3v) is 3.21. The van der Waals surface area contributed by atoms with Crippen molar-refractivity contribution in [2.75, 3.05) is 0 Å². The molecule has 0 aliphatic carbocycles. The first-order valence-electron chi connectivity index (χ1n) is 5.83. The van der Waals surface area contributed by atoms with Crippen LogP contribution >= 0.6 is 15.9 Å². The lowest BCUT2D eigenvalue weighted by Gasteiger charge is -2.15. The Morgan fingerprint density at radius 2 is 2.05 bits per heavy atom. The van der Waals surface area contributed by atoms with Gasteiger partial charge >= 0.3 is 6.18 Å². The quantitative estimate of drug-likeness (QED) is 0.802. The van der Waals surface area contributed by atoms with Gasteiger partial charge in [-0.3, -0.25) is 0 Å². The van der Waals surface area contributed by atoms with E-state index in [0.29, 0.717) is 16.7 Å². The molecule has 0 atom stereocenters. The van der Waals surface area contributed by atoms with E-state index in [-0.39, 0.29) is 5.69 Å². The van der Waals surface area contributed by atoms with Gasteiger partial charge in [0.25, 0.3) is 0 Å². The number of hydrogen-bond donors (Lipinski definition) is 0. The van der Waals surface area contributed by atoms with Crippen LogP contribution in [0.1, 0.15) is 24.7 Å². The van der Waals surface area contributed by atoms with E-state index < -0.39 is 11.7 Å². The first-order valence-corrected chi connectivity index (χ1v) is 6.62. The summed E-state index contributed by atoms with van der Waals surface area (Å²) in [5, 5.41) is 0. The van der Waals surface area contributed by atoms with Crippen molar-refractivity contribution in [3.8, 4) is 5.69 Å². The molecule has 6 heteroatoms. The van der Waals surface area contributed by atoms with E-state index in [1.807, 2.05) is 6.92 Å². The van der Waals surface area contributed by atoms with Crippen LogP contribution in [0.15, 0.2) is 35.1 Å². The van der Waals surface area contributed by atoms with Crippen LogP contribution in [0.2, 0.25) is 0 Å². The minimum absolute atomic E-state index is 0.0998. The average Bonchev–Trinajstić information content (AvgIpc) is 2.76. The van der Waals surface area contributed by atoms with E-state index in [9.17, 15) is 13.2 Å². The van der Waals surface area contributed by atoms with Gasteiger partial charge < -0.3 is 4.57 Å². The van der Waals surface area contributed by atoms with Gasteiger partial charge in [0.05, 0.1) is 11.3 Å². The van der Waals surface area contributed by atoms with Gasteiger partial charge in [-0.05, 0) is 24.6 Å². The molecule has 2 aromatic rings. The van der Waals surface area contributed by atoms with Gasteiger partial charge in [-0.15, -0.1) is 0 Å². The van der Waals surface area contributed by atoms with Crippen LogP contribution in [0.25, 0.3) is 5.69 Å². The number of aromatic nitrogens is 2. The number of hydrogen-bond acceptors (Lipinski definition) is 1. The maximum absolute atomic E-state index is 13.0. The van der Waals surface area contributed by atoms with E-state index in [0.717, 1.165) is 12.5 Å². The molecule has 19 heavy (non-hydrogen) atoms. The molecule has 0 spiro atoms. The highest BCUT2D eigenvalue weighted by molar-refractivity contribution is 9.10. The summed E-state index contributed by atoms with van der Waals surface area (Å²) in [7, 11) is 0. The first kappa shape index (κ1) is 14.1. The summed E-state index contributed by atoms with van der Waals surface area (Å²) in [6.45, 7) is 1.96. The van der Waals surface area contributed by atoms with Crippen molar-refractivity contribution in [3.05, 3.63) is 46.5 Å². The minimum atomic E-state index is -4.39. The number of benzene rings is 1. The number of aryl methyl sites for hydroxylation is 1. The molecule has 0 aliphatic heterocycles. The SMILES string of the molecule is CCCc1nccn1-c1cc(Br)ccc1C(F)(F)F. The van der Waals surface area contributed by atoms with Crippen molar-refractivity contribution in [1.82, 2.24) is 9.55 Å². The summed E-state index contributed by atoms with van der Waals surface area (Å²) in [6.07, 6.45) is 0.154. The van der Waals surface area contributed by atoms with E-state index >= 15 is 0 Å². The Bertz CT molecular complexity index is 576. The summed E-state index contributed by atoms with van der Waals surface area (Å²) < 4.78 is 41.2. The highest BCUT2D eigenvalue weighted by atomic mass is 79.9. The topological polar surface area (TPSA) is 17.8 Å². The van der Waals surface area contributed by atoms with Crippen LogP contribution in [0.5, 0.6) is 0 Å². The Hall–Kier alpha value is -1.30. The summed E-state index contributed by atoms with van der Waals surface area (Å²) in [5.74, 6) is 0.631. The van der Waals surface area contributed by atoms with Gasteiger partial charge in [0.15, 0.2) is 0 Å². The van der Waals surface area contributed by atoms with E-state index in [1.54, 1.807) is 6.20 Å². The predicted molar refractivity (Wildman–Crippen MR) is 70.3 cm³/mol. The van der Waals surface area contributed by atoms with Gasteiger partial charge in [-0.1, -0.05) is 22.9 Å². The van der Waals surface area contributed by atoms with Crippen LogP contribution in [0, 0.1) is 0 Å². The van der Waals surface area contributed by atoms with Crippen molar-refractivity contribution >= 4 is 15.9 Å². The fourth-order valence-corrected chi connectivity index (χ4v) is 2.26. The molecule has 0 fully saturated rings. The number of halogens is 4. The lowest BCUT2D eigenvalue weighted by Crippen LogP contribution is -2.12. The largest absolute Gasteiger partial charge is 0.418 e. The molecule has 102 valence electrons. The number of alkyl halides is 3. The van der Waals surface area contributed by atoms with Gasteiger partial charge in [0, 0.05) is 23.3 Å². The van der Waals surface area contributed by atoms with Crippen LogP contribution < -0.4 is 0 Å². The molecule has 1 heterocycles. The Balaban J connectivity index is 2.60. The number of nitrogens with zero attached hydrogens (tertiary/aromatic N) is 2. The lowest BCUT2D eigenvalue weighted by atomic mass is 10.1. The molecule has 1 aromatic carbocycles. The molecule has 0 radical (unpaired) electrons. The zero-order valence-corrected chi connectivity index (χ0v) is 11.8. The normalized spacial score (nSPS) is 11.8. The second-order valence-corrected chi connectivity index (χ2v) is 5.04. The van der Waals surface area contributed by atoms with Crippen LogP contribution in [0.3, 0.4) is 0 Å². The smallest absolute Gasteiger partial charge is 0.303 e. The molecule has 2 rings (SSSR count). The first-order chi connectivity index (χ1) is 8.93. The fourth-order valence-electron chi connectivity index (χ4n) is 1.91. The molecule has 0 aliphatic rings. The fraction of sp³-hybridized carbons (Fsp3) is 0.308. The van der Waals surface area contributed by atoms with Gasteiger partial charge in [0.2, 0.25) is 0 Å². The predicted octanol–water partition coefficient (Wildman–Crippen LogP) is 4.61. The molecule has 0 N–H and O–H groups in total. The molecule has 0 bridgehead atoms. The Kier molecular flexibility index (Phi) is 3.99. The van der Waals surface area contributed by atoms with Crippen LogP contribution in [0.4, 0.5) is 13.2 Å². The maximum Gasteiger partial charge on any atom is 0.418 e. The number of rotatable bonds is 3. The molecule has 1 aromatic heterocycles. The Morgan fingerprint density at radius 1 is 1.32 bits per heavy atom. The maximum atomic E-state index is 13.0. The van der Waals surface area contributed by atoms with Crippen molar-refractivity contribution < 1.29 is 13.2 Å². The standard InChI is InChI=1S/C13H12BrF3N2/c1-2-3-12-18-6-7-19(12)11-8-9(14)4-5-10(11)13(15,16)17/h4-8H,2-3H2,1H3. The monoisotopic (exact) mass is 332 g/mol. The summed E-state index contributed by atoms with van der Waals surface area (Å²) >= 11 is 3.21. The Morgan fingerprint density at radius 3 is 2.68 bits per heavy atom. The van der Waals surface area contributed by atoms with Gasteiger partial charge in [0.1, 0.15) is 5.82 Å². The van der Waals surface area contributed by atoms with E-state index in [4.69, 9.17) is 0 Å². The summed E-state index contributed by atoms with van der Waals surface area (Å²) in [5.41, 5.74) is -0.561. The molecule has 0 amide bonds. The molecule has 0 saturated heterocycles. The summed E-state index contributed by atoms with van der Waals surface area (Å²) in [6, 6.07) is 3.93. The minimum Gasteiger partial charge on any atom is -0.303 e. The van der Waals surface area contributed by atoms with Crippen molar-refractivity contribution in [3.63, 3.8) is 0 Å². The molecular formula is C13H12BrF3N2. The highest BCUT2D eigenvalue weighted by Crippen LogP contribution is 2.35. The zero-order chi connectivity index (χ0) is 14.0. The van der Waals surface area contributed by atoms with Crippen molar-refractivity contribution in [1.29, 1.82) is 0 Å². The van der Waals surface area contributed by atoms with Crippen LogP contribution in [-0.2, 0) is 12.6 Å². The second kappa shape index (κ2) is 5.36. The van der Waals surface area contributed by atoms with Crippen molar-refractivity contribution in [2.24, 2.45) is 0 Å². The zero-order valence-electron chi connectivity index (χ0n) is 10.2. The van der Waals surface area contributed by atoms with Gasteiger partial charge in [-0.25, -0.2) is 4.98 Å². The highest BCUT2D eigenvalue weighted by Gasteiger charge is 2.34. The van der Waals surface area contributed by atoms with E-state index in [1.165, 1.54) is 22.9 Å². The lowest BCUT2D eigenvalue weighted by molar-refractivity contribution is -0.137. The van der Waals surface area contributed by atoms with Gasteiger partial charge in [-0.2, -0.15) is 13.2 Å². The second-order valence-electron chi connectivity index (χ2n) is 4.12.